The largest absolute Gasteiger partial charge is 0.494 e. The van der Waals surface area contributed by atoms with Gasteiger partial charge in [-0.15, -0.1) is 12.4 Å². The van der Waals surface area contributed by atoms with E-state index in [1.807, 2.05) is 37.3 Å². The zero-order valence-corrected chi connectivity index (χ0v) is 14.7. The van der Waals surface area contributed by atoms with E-state index in [1.54, 1.807) is 12.1 Å². The Morgan fingerprint density at radius 1 is 1.24 bits per heavy atom. The normalized spacial score (nSPS) is 12.8. The van der Waals surface area contributed by atoms with Crippen molar-refractivity contribution in [1.82, 2.24) is 0 Å². The number of hydrogen-bond donors (Lipinski definition) is 2. The molecule has 134 valence electrons. The highest BCUT2D eigenvalue weighted by atomic mass is 35.5. The molecule has 1 aliphatic rings. The molecule has 0 saturated heterocycles. The Bertz CT molecular complexity index is 725. The van der Waals surface area contributed by atoms with Crippen molar-refractivity contribution in [3.05, 3.63) is 42.5 Å². The Kier molecular flexibility index (Phi) is 6.36. The summed E-state index contributed by atoms with van der Waals surface area (Å²) >= 11 is 0. The number of anilines is 2. The summed E-state index contributed by atoms with van der Waals surface area (Å²) < 4.78 is 16.2. The van der Waals surface area contributed by atoms with E-state index < -0.39 is 0 Å². The maximum Gasteiger partial charge on any atom is 0.231 e. The molecule has 3 rings (SSSR count). The Balaban J connectivity index is 0.00000225. The summed E-state index contributed by atoms with van der Waals surface area (Å²) in [5.41, 5.74) is 6.92. The number of carbonyl (C=O) groups excluding carboxylic acids is 1. The molecular formula is C18H21ClN2O4. The molecule has 1 aliphatic heterocycles. The number of nitrogens with two attached hydrogens (primary N) is 1. The molecule has 0 saturated carbocycles. The molecule has 0 aliphatic carbocycles. The van der Waals surface area contributed by atoms with Gasteiger partial charge in [-0.1, -0.05) is 25.1 Å². The SMILES string of the molecule is CC(CCOc1ccccc1)C(=O)Nc1cc2c(cc1N)OCO2.Cl. The lowest BCUT2D eigenvalue weighted by Gasteiger charge is -2.14. The fourth-order valence-electron chi connectivity index (χ4n) is 2.32. The lowest BCUT2D eigenvalue weighted by molar-refractivity contribution is -0.119. The van der Waals surface area contributed by atoms with Crippen LogP contribution in [-0.2, 0) is 4.79 Å². The van der Waals surface area contributed by atoms with Crippen molar-refractivity contribution < 1.29 is 19.0 Å². The third-order valence-electron chi connectivity index (χ3n) is 3.81. The van der Waals surface area contributed by atoms with Gasteiger partial charge in [0.15, 0.2) is 11.5 Å². The molecule has 0 spiro atoms. The highest BCUT2D eigenvalue weighted by Gasteiger charge is 2.19. The topological polar surface area (TPSA) is 82.8 Å². The number of fused-ring (bicyclic) bond motifs is 1. The fraction of sp³-hybridized carbons (Fsp3) is 0.278. The molecular weight excluding hydrogens is 344 g/mol. The van der Waals surface area contributed by atoms with Gasteiger partial charge in [-0.3, -0.25) is 4.79 Å². The number of rotatable bonds is 6. The van der Waals surface area contributed by atoms with Gasteiger partial charge in [-0.25, -0.2) is 0 Å². The number of benzene rings is 2. The molecule has 0 bridgehead atoms. The Hall–Kier alpha value is -2.60. The summed E-state index contributed by atoms with van der Waals surface area (Å²) in [5.74, 6) is 1.65. The second-order valence-corrected chi connectivity index (χ2v) is 5.63. The third kappa shape index (κ3) is 4.70. The third-order valence-corrected chi connectivity index (χ3v) is 3.81. The smallest absolute Gasteiger partial charge is 0.231 e. The van der Waals surface area contributed by atoms with Crippen molar-refractivity contribution in [1.29, 1.82) is 0 Å². The first-order valence-electron chi connectivity index (χ1n) is 7.81. The van der Waals surface area contributed by atoms with Crippen LogP contribution in [-0.4, -0.2) is 19.3 Å². The number of ether oxygens (including phenoxy) is 3. The van der Waals surface area contributed by atoms with Crippen LogP contribution in [0.15, 0.2) is 42.5 Å². The minimum absolute atomic E-state index is 0. The molecule has 0 radical (unpaired) electrons. The molecule has 1 heterocycles. The minimum atomic E-state index is -0.210. The van der Waals surface area contributed by atoms with Crippen molar-refractivity contribution in [2.75, 3.05) is 24.5 Å². The molecule has 3 N–H and O–H groups in total. The molecule has 2 aromatic carbocycles. The van der Waals surface area contributed by atoms with Gasteiger partial charge in [0.25, 0.3) is 0 Å². The Morgan fingerprint density at radius 3 is 2.64 bits per heavy atom. The molecule has 0 aromatic heterocycles. The molecule has 1 amide bonds. The van der Waals surface area contributed by atoms with Gasteiger partial charge < -0.3 is 25.3 Å². The average molecular weight is 365 g/mol. The average Bonchev–Trinajstić information content (AvgIpc) is 3.03. The summed E-state index contributed by atoms with van der Waals surface area (Å²) in [7, 11) is 0. The minimum Gasteiger partial charge on any atom is -0.494 e. The van der Waals surface area contributed by atoms with E-state index in [0.717, 1.165) is 5.75 Å². The maximum absolute atomic E-state index is 12.3. The lowest BCUT2D eigenvalue weighted by atomic mass is 10.1. The van der Waals surface area contributed by atoms with E-state index in [4.69, 9.17) is 19.9 Å². The Morgan fingerprint density at radius 2 is 1.92 bits per heavy atom. The lowest BCUT2D eigenvalue weighted by Crippen LogP contribution is -2.22. The van der Waals surface area contributed by atoms with Crippen molar-refractivity contribution >= 4 is 29.7 Å². The van der Waals surface area contributed by atoms with Crippen LogP contribution < -0.4 is 25.3 Å². The standard InChI is InChI=1S/C18H20N2O4.ClH/c1-12(7-8-22-13-5-3-2-4-6-13)18(21)20-15-10-17-16(9-14(15)19)23-11-24-17;/h2-6,9-10,12H,7-8,11,19H2,1H3,(H,20,21);1H. The molecule has 6 nitrogen and oxygen atoms in total. The molecule has 25 heavy (non-hydrogen) atoms. The number of carbonyl (C=O) groups is 1. The first kappa shape index (κ1) is 18.7. The van der Waals surface area contributed by atoms with E-state index in [2.05, 4.69) is 5.32 Å². The van der Waals surface area contributed by atoms with E-state index in [-0.39, 0.29) is 31.0 Å². The quantitative estimate of drug-likeness (QED) is 0.767. The van der Waals surface area contributed by atoms with Gasteiger partial charge >= 0.3 is 0 Å². The first-order chi connectivity index (χ1) is 11.6. The van der Waals surface area contributed by atoms with E-state index >= 15 is 0 Å². The van der Waals surface area contributed by atoms with Crippen LogP contribution in [0, 0.1) is 5.92 Å². The van der Waals surface area contributed by atoms with Gasteiger partial charge in [0.1, 0.15) is 5.75 Å². The van der Waals surface area contributed by atoms with Gasteiger partial charge in [0, 0.05) is 18.1 Å². The van der Waals surface area contributed by atoms with Crippen LogP contribution in [0.1, 0.15) is 13.3 Å². The van der Waals surface area contributed by atoms with E-state index in [9.17, 15) is 4.79 Å². The predicted molar refractivity (Wildman–Crippen MR) is 98.6 cm³/mol. The Labute approximate surface area is 152 Å². The number of nitrogens with one attached hydrogen (secondary N) is 1. The van der Waals surface area contributed by atoms with Crippen LogP contribution >= 0.6 is 12.4 Å². The van der Waals surface area contributed by atoms with Crippen molar-refractivity contribution in [2.24, 2.45) is 5.92 Å². The fourth-order valence-corrected chi connectivity index (χ4v) is 2.32. The van der Waals surface area contributed by atoms with Crippen molar-refractivity contribution in [3.8, 4) is 17.2 Å². The van der Waals surface area contributed by atoms with Crippen LogP contribution in [0.25, 0.3) is 0 Å². The second-order valence-electron chi connectivity index (χ2n) is 5.63. The maximum atomic E-state index is 12.3. The van der Waals surface area contributed by atoms with Gasteiger partial charge in [-0.2, -0.15) is 0 Å². The van der Waals surface area contributed by atoms with Crippen molar-refractivity contribution in [3.63, 3.8) is 0 Å². The monoisotopic (exact) mass is 364 g/mol. The zero-order chi connectivity index (χ0) is 16.9. The van der Waals surface area contributed by atoms with Crippen LogP contribution in [0.4, 0.5) is 11.4 Å². The van der Waals surface area contributed by atoms with Gasteiger partial charge in [-0.05, 0) is 18.6 Å². The van der Waals surface area contributed by atoms with Crippen LogP contribution in [0.3, 0.4) is 0 Å². The summed E-state index contributed by atoms with van der Waals surface area (Å²) in [6.45, 7) is 2.49. The van der Waals surface area contributed by atoms with E-state index in [1.165, 1.54) is 0 Å². The highest BCUT2D eigenvalue weighted by molar-refractivity contribution is 5.95. The molecule has 1 atom stereocenters. The molecule has 7 heteroatoms. The van der Waals surface area contributed by atoms with Crippen molar-refractivity contribution in [2.45, 2.75) is 13.3 Å². The number of nitrogen functional groups attached to an aromatic ring is 1. The molecule has 0 fully saturated rings. The van der Waals surface area contributed by atoms with Gasteiger partial charge in [0.05, 0.1) is 18.0 Å². The first-order valence-corrected chi connectivity index (χ1v) is 7.81. The van der Waals surface area contributed by atoms with E-state index in [0.29, 0.717) is 35.9 Å². The highest BCUT2D eigenvalue weighted by Crippen LogP contribution is 2.38. The zero-order valence-electron chi connectivity index (χ0n) is 13.9. The van der Waals surface area contributed by atoms with Gasteiger partial charge in [0.2, 0.25) is 12.7 Å². The number of amides is 1. The summed E-state index contributed by atoms with van der Waals surface area (Å²) in [6.07, 6.45) is 0.602. The van der Waals surface area contributed by atoms with Crippen LogP contribution in [0.5, 0.6) is 17.2 Å². The molecule has 1 unspecified atom stereocenters. The summed E-state index contributed by atoms with van der Waals surface area (Å²) in [4.78, 5) is 12.3. The molecule has 2 aromatic rings. The summed E-state index contributed by atoms with van der Waals surface area (Å²) in [5, 5.41) is 2.83. The number of hydrogen-bond acceptors (Lipinski definition) is 5. The predicted octanol–water partition coefficient (Wildman–Crippen LogP) is 3.46. The second kappa shape index (κ2) is 8.48. The number of para-hydroxylation sites is 1. The number of halogens is 1. The summed E-state index contributed by atoms with van der Waals surface area (Å²) in [6, 6.07) is 12.9. The van der Waals surface area contributed by atoms with Crippen LogP contribution in [0.2, 0.25) is 0 Å².